The minimum Gasteiger partial charge on any atom is -0.370 e. The standard InChI is InChI=1S/C24H23F6N3O4S/c25-23(26,27)20-6-3-16(9-31-20)17-7-22(8-17)13-33(14-22)21(34)32-10-18(11-32)37-12-15-1-4-19(5-2-15)38(35,36)24(28,29)30/h1-6,9,17-18H,7-8,10-14H2. The number of hydrogen-bond donors (Lipinski definition) is 0. The molecule has 2 saturated heterocycles. The molecule has 1 saturated carbocycles. The van der Waals surface area contributed by atoms with Crippen LogP contribution < -0.4 is 0 Å². The van der Waals surface area contributed by atoms with Gasteiger partial charge in [-0.1, -0.05) is 18.2 Å². The summed E-state index contributed by atoms with van der Waals surface area (Å²) in [7, 11) is -5.40. The lowest BCUT2D eigenvalue weighted by Gasteiger charge is -2.60. The highest BCUT2D eigenvalue weighted by atomic mass is 32.2. The van der Waals surface area contributed by atoms with Crippen molar-refractivity contribution in [1.29, 1.82) is 0 Å². The normalized spacial score (nSPS) is 20.2. The maximum Gasteiger partial charge on any atom is 0.501 e. The minimum atomic E-state index is -5.40. The molecule has 206 valence electrons. The molecule has 1 aromatic carbocycles. The summed E-state index contributed by atoms with van der Waals surface area (Å²) in [5.74, 6) is 0.131. The van der Waals surface area contributed by atoms with E-state index in [4.69, 9.17) is 4.74 Å². The van der Waals surface area contributed by atoms with E-state index in [1.807, 2.05) is 0 Å². The van der Waals surface area contributed by atoms with Crippen LogP contribution in [0.1, 0.15) is 35.6 Å². The largest absolute Gasteiger partial charge is 0.501 e. The number of benzene rings is 1. The molecule has 1 aromatic heterocycles. The second-order valence-corrected chi connectivity index (χ2v) is 12.1. The zero-order valence-corrected chi connectivity index (χ0v) is 20.6. The van der Waals surface area contributed by atoms with E-state index in [-0.39, 0.29) is 30.1 Å². The summed E-state index contributed by atoms with van der Waals surface area (Å²) in [5.41, 5.74) is -5.01. The van der Waals surface area contributed by atoms with Crippen molar-refractivity contribution in [2.45, 2.75) is 48.1 Å². The number of rotatable bonds is 5. The smallest absolute Gasteiger partial charge is 0.370 e. The second-order valence-electron chi connectivity index (χ2n) is 10.1. The third kappa shape index (κ3) is 4.95. The Hall–Kier alpha value is -2.87. The highest BCUT2D eigenvalue weighted by molar-refractivity contribution is 7.92. The summed E-state index contributed by atoms with van der Waals surface area (Å²) in [6, 6.07) is 6.63. The summed E-state index contributed by atoms with van der Waals surface area (Å²) in [4.78, 5) is 18.7. The highest BCUT2D eigenvalue weighted by Gasteiger charge is 2.55. The van der Waals surface area contributed by atoms with Gasteiger partial charge in [-0.3, -0.25) is 4.98 Å². The lowest BCUT2D eigenvalue weighted by Crippen LogP contribution is -2.68. The Morgan fingerprint density at radius 1 is 0.974 bits per heavy atom. The number of sulfone groups is 1. The van der Waals surface area contributed by atoms with Gasteiger partial charge in [-0.2, -0.15) is 26.3 Å². The molecule has 2 amide bonds. The number of urea groups is 1. The third-order valence-electron chi connectivity index (χ3n) is 7.37. The lowest BCUT2D eigenvalue weighted by atomic mass is 9.56. The molecule has 0 radical (unpaired) electrons. The zero-order chi connectivity index (χ0) is 27.5. The van der Waals surface area contributed by atoms with Crippen LogP contribution in [-0.2, 0) is 27.4 Å². The van der Waals surface area contributed by atoms with Crippen LogP contribution in [-0.4, -0.2) is 67.0 Å². The van der Waals surface area contributed by atoms with Gasteiger partial charge < -0.3 is 14.5 Å². The van der Waals surface area contributed by atoms with Gasteiger partial charge in [0, 0.05) is 24.7 Å². The molecule has 38 heavy (non-hydrogen) atoms. The van der Waals surface area contributed by atoms with Gasteiger partial charge in [-0.15, -0.1) is 0 Å². The number of carbonyl (C=O) groups excluding carboxylic acids is 1. The van der Waals surface area contributed by atoms with E-state index in [2.05, 4.69) is 4.98 Å². The molecular formula is C24H23F6N3O4S. The number of likely N-dealkylation sites (tertiary alicyclic amines) is 2. The molecule has 5 rings (SSSR count). The summed E-state index contributed by atoms with van der Waals surface area (Å²) in [6.45, 7) is 1.97. The molecule has 0 N–H and O–H groups in total. The van der Waals surface area contributed by atoms with E-state index in [9.17, 15) is 39.6 Å². The van der Waals surface area contributed by atoms with Gasteiger partial charge in [0.25, 0.3) is 9.84 Å². The summed E-state index contributed by atoms with van der Waals surface area (Å²) < 4.78 is 104. The van der Waals surface area contributed by atoms with Gasteiger partial charge >= 0.3 is 17.7 Å². The number of carbonyl (C=O) groups is 1. The predicted octanol–water partition coefficient (Wildman–Crippen LogP) is 4.59. The first-order chi connectivity index (χ1) is 17.7. The van der Waals surface area contributed by atoms with Crippen molar-refractivity contribution < 1.29 is 44.3 Å². The first-order valence-electron chi connectivity index (χ1n) is 11.8. The van der Waals surface area contributed by atoms with E-state index in [1.54, 1.807) is 9.80 Å². The van der Waals surface area contributed by atoms with Crippen LogP contribution in [0.3, 0.4) is 0 Å². The zero-order valence-electron chi connectivity index (χ0n) is 19.8. The van der Waals surface area contributed by atoms with E-state index < -0.39 is 32.1 Å². The molecule has 2 aliphatic heterocycles. The van der Waals surface area contributed by atoms with Gasteiger partial charge in [-0.25, -0.2) is 13.2 Å². The maximum absolute atomic E-state index is 12.7. The molecule has 0 unspecified atom stereocenters. The number of halogens is 6. The number of amides is 2. The number of hydrogen-bond acceptors (Lipinski definition) is 5. The number of nitrogens with zero attached hydrogens (tertiary/aromatic N) is 3. The number of pyridine rings is 1. The molecule has 3 fully saturated rings. The van der Waals surface area contributed by atoms with Crippen LogP contribution in [0.2, 0.25) is 0 Å². The summed E-state index contributed by atoms with van der Waals surface area (Å²) in [6.07, 6.45) is -1.85. The van der Waals surface area contributed by atoms with Crippen molar-refractivity contribution in [1.82, 2.24) is 14.8 Å². The predicted molar refractivity (Wildman–Crippen MR) is 120 cm³/mol. The first-order valence-corrected chi connectivity index (χ1v) is 13.2. The molecule has 1 spiro atoms. The molecule has 0 bridgehead atoms. The van der Waals surface area contributed by atoms with E-state index in [0.717, 1.165) is 36.6 Å². The molecule has 0 atom stereocenters. The molecule has 2 aromatic rings. The van der Waals surface area contributed by atoms with Crippen LogP contribution in [0.4, 0.5) is 31.1 Å². The fourth-order valence-electron chi connectivity index (χ4n) is 5.20. The average Bonchev–Trinajstić information content (AvgIpc) is 2.75. The molecule has 1 aliphatic carbocycles. The quantitative estimate of drug-likeness (QED) is 0.498. The van der Waals surface area contributed by atoms with Crippen molar-refractivity contribution in [3.8, 4) is 0 Å². The van der Waals surface area contributed by atoms with Crippen molar-refractivity contribution >= 4 is 15.9 Å². The Balaban J connectivity index is 1.02. The number of aromatic nitrogens is 1. The van der Waals surface area contributed by atoms with Crippen molar-refractivity contribution in [3.63, 3.8) is 0 Å². The van der Waals surface area contributed by atoms with Crippen molar-refractivity contribution in [2.75, 3.05) is 26.2 Å². The van der Waals surface area contributed by atoms with Crippen LogP contribution in [0, 0.1) is 5.41 Å². The van der Waals surface area contributed by atoms with Crippen molar-refractivity contribution in [3.05, 3.63) is 59.4 Å². The van der Waals surface area contributed by atoms with Gasteiger partial charge in [0.1, 0.15) is 5.69 Å². The molecule has 3 heterocycles. The average molecular weight is 564 g/mol. The highest BCUT2D eigenvalue weighted by Crippen LogP contribution is 2.56. The Bertz CT molecular complexity index is 1290. The molecular weight excluding hydrogens is 540 g/mol. The van der Waals surface area contributed by atoms with Crippen LogP contribution in [0.25, 0.3) is 0 Å². The third-order valence-corrected chi connectivity index (χ3v) is 8.87. The SMILES string of the molecule is O=C(N1CC(OCc2ccc(S(=O)(=O)C(F)(F)F)cc2)C1)N1CC2(CC(c3ccc(C(F)(F)F)nc3)C2)C1. The Kier molecular flexibility index (Phi) is 6.41. The van der Waals surface area contributed by atoms with Gasteiger partial charge in [0.15, 0.2) is 0 Å². The first kappa shape index (κ1) is 26.7. The second kappa shape index (κ2) is 9.11. The summed E-state index contributed by atoms with van der Waals surface area (Å²) in [5, 5.41) is 0. The fourth-order valence-corrected chi connectivity index (χ4v) is 5.97. The van der Waals surface area contributed by atoms with Crippen LogP contribution in [0.5, 0.6) is 0 Å². The number of ether oxygens (including phenoxy) is 1. The molecule has 7 nitrogen and oxygen atoms in total. The van der Waals surface area contributed by atoms with E-state index in [1.165, 1.54) is 24.4 Å². The van der Waals surface area contributed by atoms with E-state index >= 15 is 0 Å². The Labute approximate surface area is 214 Å². The molecule has 3 aliphatic rings. The Morgan fingerprint density at radius 3 is 2.13 bits per heavy atom. The lowest BCUT2D eigenvalue weighted by molar-refractivity contribution is -0.141. The monoisotopic (exact) mass is 563 g/mol. The topological polar surface area (TPSA) is 79.8 Å². The minimum absolute atomic E-state index is 0.00441. The summed E-state index contributed by atoms with van der Waals surface area (Å²) >= 11 is 0. The van der Waals surface area contributed by atoms with Gasteiger partial charge in [-0.05, 0) is 48.1 Å². The molecule has 14 heteroatoms. The Morgan fingerprint density at radius 2 is 1.61 bits per heavy atom. The van der Waals surface area contributed by atoms with Crippen LogP contribution >= 0.6 is 0 Å². The van der Waals surface area contributed by atoms with Gasteiger partial charge in [0.05, 0.1) is 30.7 Å². The number of alkyl halides is 6. The van der Waals surface area contributed by atoms with Crippen LogP contribution in [0.15, 0.2) is 47.5 Å². The van der Waals surface area contributed by atoms with Crippen molar-refractivity contribution in [2.24, 2.45) is 5.41 Å². The van der Waals surface area contributed by atoms with E-state index in [0.29, 0.717) is 31.7 Å². The fraction of sp³-hybridized carbons (Fsp3) is 0.500. The van der Waals surface area contributed by atoms with Gasteiger partial charge in [0.2, 0.25) is 0 Å². The maximum atomic E-state index is 12.7.